The van der Waals surface area contributed by atoms with Crippen LogP contribution in [0.1, 0.15) is 39.5 Å². The van der Waals surface area contributed by atoms with Crippen molar-refractivity contribution in [1.29, 1.82) is 0 Å². The third-order valence-corrected chi connectivity index (χ3v) is 4.33. The summed E-state index contributed by atoms with van der Waals surface area (Å²) in [7, 11) is 0. The zero-order valence-electron chi connectivity index (χ0n) is 12.6. The molecule has 0 aromatic carbocycles. The predicted octanol–water partition coefficient (Wildman–Crippen LogP) is 1.61. The van der Waals surface area contributed by atoms with E-state index >= 15 is 0 Å². The van der Waals surface area contributed by atoms with Crippen molar-refractivity contribution < 1.29 is 0 Å². The summed E-state index contributed by atoms with van der Waals surface area (Å²) in [6, 6.07) is 1.67. The molecule has 1 saturated heterocycles. The van der Waals surface area contributed by atoms with Crippen molar-refractivity contribution in [3.8, 4) is 0 Å². The minimum Gasteiger partial charge on any atom is -0.370 e. The zero-order chi connectivity index (χ0) is 14.5. The Morgan fingerprint density at radius 1 is 1.35 bits per heavy atom. The van der Waals surface area contributed by atoms with E-state index in [1.807, 2.05) is 0 Å². The molecular formula is C15H26N4O. The molecule has 1 fully saturated rings. The lowest BCUT2D eigenvalue weighted by Gasteiger charge is -2.28. The Bertz CT molecular complexity index is 479. The second kappa shape index (κ2) is 6.88. The quantitative estimate of drug-likeness (QED) is 0.888. The first-order valence-electron chi connectivity index (χ1n) is 7.69. The summed E-state index contributed by atoms with van der Waals surface area (Å²) in [6.45, 7) is 6.77. The van der Waals surface area contributed by atoms with Gasteiger partial charge in [0.25, 0.3) is 5.56 Å². The third kappa shape index (κ3) is 3.60. The van der Waals surface area contributed by atoms with Gasteiger partial charge in [-0.25, -0.2) is 4.68 Å². The molecule has 1 aromatic rings. The molecule has 1 aliphatic rings. The van der Waals surface area contributed by atoms with Crippen molar-refractivity contribution in [2.24, 2.45) is 11.7 Å². The summed E-state index contributed by atoms with van der Waals surface area (Å²) in [5.74, 6) is 0.394. The normalized spacial score (nSPS) is 18.9. The molecule has 112 valence electrons. The van der Waals surface area contributed by atoms with Crippen LogP contribution in [0.5, 0.6) is 0 Å². The summed E-state index contributed by atoms with van der Waals surface area (Å²) in [4.78, 5) is 14.4. The molecule has 2 atom stereocenters. The largest absolute Gasteiger partial charge is 0.370 e. The van der Waals surface area contributed by atoms with Crippen LogP contribution in [-0.4, -0.2) is 28.9 Å². The van der Waals surface area contributed by atoms with Crippen molar-refractivity contribution >= 4 is 5.69 Å². The molecule has 1 aromatic heterocycles. The Morgan fingerprint density at radius 2 is 2.05 bits per heavy atom. The fourth-order valence-corrected chi connectivity index (χ4v) is 2.57. The molecule has 2 N–H and O–H groups in total. The molecule has 0 bridgehead atoms. The SMILES string of the molecule is CCC(C)C(N)Cn1ncc(N2CCCCC2)cc1=O. The summed E-state index contributed by atoms with van der Waals surface area (Å²) >= 11 is 0. The maximum Gasteiger partial charge on any atom is 0.268 e. The third-order valence-electron chi connectivity index (χ3n) is 4.33. The first-order chi connectivity index (χ1) is 9.61. The van der Waals surface area contributed by atoms with Gasteiger partial charge in [0, 0.05) is 25.2 Å². The number of hydrogen-bond acceptors (Lipinski definition) is 4. The molecule has 1 aliphatic heterocycles. The van der Waals surface area contributed by atoms with Crippen molar-refractivity contribution in [2.45, 2.75) is 52.1 Å². The monoisotopic (exact) mass is 278 g/mol. The van der Waals surface area contributed by atoms with Gasteiger partial charge >= 0.3 is 0 Å². The summed E-state index contributed by atoms with van der Waals surface area (Å²) in [6.07, 6.45) is 6.49. The second-order valence-electron chi connectivity index (χ2n) is 5.83. The molecule has 0 aliphatic carbocycles. The van der Waals surface area contributed by atoms with Gasteiger partial charge in [0.15, 0.2) is 0 Å². The highest BCUT2D eigenvalue weighted by molar-refractivity contribution is 5.43. The molecule has 0 amide bonds. The smallest absolute Gasteiger partial charge is 0.268 e. The van der Waals surface area contributed by atoms with E-state index in [4.69, 9.17) is 5.73 Å². The topological polar surface area (TPSA) is 64.2 Å². The molecule has 0 spiro atoms. The van der Waals surface area contributed by atoms with Crippen LogP contribution in [0.2, 0.25) is 0 Å². The number of rotatable bonds is 5. The molecule has 2 heterocycles. The Labute approximate surface area is 120 Å². The van der Waals surface area contributed by atoms with Crippen LogP contribution in [-0.2, 0) is 6.54 Å². The van der Waals surface area contributed by atoms with E-state index in [1.165, 1.54) is 23.9 Å². The van der Waals surface area contributed by atoms with Gasteiger partial charge in [-0.1, -0.05) is 20.3 Å². The zero-order valence-corrected chi connectivity index (χ0v) is 12.6. The minimum absolute atomic E-state index is 0.0222. The molecule has 2 rings (SSSR count). The van der Waals surface area contributed by atoms with Gasteiger partial charge in [-0.2, -0.15) is 5.10 Å². The van der Waals surface area contributed by atoms with E-state index in [-0.39, 0.29) is 11.6 Å². The maximum atomic E-state index is 12.1. The van der Waals surface area contributed by atoms with Crippen LogP contribution in [0.25, 0.3) is 0 Å². The van der Waals surface area contributed by atoms with Gasteiger partial charge in [0.05, 0.1) is 18.4 Å². The van der Waals surface area contributed by atoms with Crippen LogP contribution in [0.4, 0.5) is 5.69 Å². The van der Waals surface area contributed by atoms with Crippen LogP contribution < -0.4 is 16.2 Å². The van der Waals surface area contributed by atoms with Gasteiger partial charge in [-0.3, -0.25) is 4.79 Å². The van der Waals surface area contributed by atoms with E-state index in [1.54, 1.807) is 12.3 Å². The number of nitrogens with two attached hydrogens (primary N) is 1. The van der Waals surface area contributed by atoms with E-state index in [0.717, 1.165) is 25.2 Å². The predicted molar refractivity (Wildman–Crippen MR) is 82.0 cm³/mol. The van der Waals surface area contributed by atoms with E-state index in [0.29, 0.717) is 12.5 Å². The van der Waals surface area contributed by atoms with E-state index < -0.39 is 0 Å². The highest BCUT2D eigenvalue weighted by Crippen LogP contribution is 2.16. The lowest BCUT2D eigenvalue weighted by molar-refractivity contribution is 0.373. The second-order valence-corrected chi connectivity index (χ2v) is 5.83. The number of anilines is 1. The Hall–Kier alpha value is -1.36. The van der Waals surface area contributed by atoms with E-state index in [9.17, 15) is 4.79 Å². The van der Waals surface area contributed by atoms with Crippen molar-refractivity contribution in [3.63, 3.8) is 0 Å². The van der Waals surface area contributed by atoms with Crippen molar-refractivity contribution in [2.75, 3.05) is 18.0 Å². The Kier molecular flexibility index (Phi) is 5.17. The first kappa shape index (κ1) is 15.0. The molecule has 5 heteroatoms. The molecule has 2 unspecified atom stereocenters. The van der Waals surface area contributed by atoms with Crippen LogP contribution in [0.15, 0.2) is 17.1 Å². The average Bonchev–Trinajstić information content (AvgIpc) is 2.49. The fraction of sp³-hybridized carbons (Fsp3) is 0.733. The number of hydrogen-bond donors (Lipinski definition) is 1. The summed E-state index contributed by atoms with van der Waals surface area (Å²) in [5, 5.41) is 4.29. The van der Waals surface area contributed by atoms with Gasteiger partial charge in [-0.05, 0) is 25.2 Å². The first-order valence-corrected chi connectivity index (χ1v) is 7.69. The lowest BCUT2D eigenvalue weighted by Crippen LogP contribution is -2.38. The summed E-state index contributed by atoms with van der Waals surface area (Å²) in [5.41, 5.74) is 7.00. The number of nitrogens with zero attached hydrogens (tertiary/aromatic N) is 3. The van der Waals surface area contributed by atoms with Gasteiger partial charge in [0.1, 0.15) is 0 Å². The van der Waals surface area contributed by atoms with Gasteiger partial charge in [0.2, 0.25) is 0 Å². The lowest BCUT2D eigenvalue weighted by atomic mass is 10.0. The van der Waals surface area contributed by atoms with Gasteiger partial charge in [-0.15, -0.1) is 0 Å². The molecule has 20 heavy (non-hydrogen) atoms. The van der Waals surface area contributed by atoms with Crippen molar-refractivity contribution in [3.05, 3.63) is 22.6 Å². The Balaban J connectivity index is 2.07. The molecular weight excluding hydrogens is 252 g/mol. The highest BCUT2D eigenvalue weighted by atomic mass is 16.1. The number of aromatic nitrogens is 2. The Morgan fingerprint density at radius 3 is 2.65 bits per heavy atom. The molecule has 0 radical (unpaired) electrons. The van der Waals surface area contributed by atoms with Gasteiger partial charge < -0.3 is 10.6 Å². The van der Waals surface area contributed by atoms with Crippen molar-refractivity contribution in [1.82, 2.24) is 9.78 Å². The van der Waals surface area contributed by atoms with Crippen LogP contribution >= 0.6 is 0 Å². The number of piperidine rings is 1. The molecule has 0 saturated carbocycles. The fourth-order valence-electron chi connectivity index (χ4n) is 2.57. The minimum atomic E-state index is -0.0492. The average molecular weight is 278 g/mol. The highest BCUT2D eigenvalue weighted by Gasteiger charge is 2.15. The standard InChI is InChI=1S/C15H26N4O/c1-3-12(2)14(16)11-19-15(20)9-13(10-17-19)18-7-5-4-6-8-18/h9-10,12,14H,3-8,11,16H2,1-2H3. The molecule has 5 nitrogen and oxygen atoms in total. The summed E-state index contributed by atoms with van der Waals surface area (Å²) < 4.78 is 1.49. The van der Waals surface area contributed by atoms with Crippen LogP contribution in [0.3, 0.4) is 0 Å². The van der Waals surface area contributed by atoms with E-state index in [2.05, 4.69) is 23.8 Å². The maximum absolute atomic E-state index is 12.1. The van der Waals surface area contributed by atoms with Crippen LogP contribution in [0, 0.1) is 5.92 Å².